The lowest BCUT2D eigenvalue weighted by Gasteiger charge is -2.27. The molecule has 0 radical (unpaired) electrons. The van der Waals surface area contributed by atoms with Crippen molar-refractivity contribution < 1.29 is 19.4 Å². The predicted molar refractivity (Wildman–Crippen MR) is 76.2 cm³/mol. The summed E-state index contributed by atoms with van der Waals surface area (Å²) in [7, 11) is 1.54. The third kappa shape index (κ3) is 3.73. The first-order valence-corrected chi connectivity index (χ1v) is 6.58. The second-order valence-corrected chi connectivity index (χ2v) is 4.77. The lowest BCUT2D eigenvalue weighted by molar-refractivity contribution is -0.138. The zero-order valence-corrected chi connectivity index (χ0v) is 12.3. The summed E-state index contributed by atoms with van der Waals surface area (Å²) in [6, 6.07) is 5.00. The first kappa shape index (κ1) is 16.0. The zero-order chi connectivity index (χ0) is 15.3. The lowest BCUT2D eigenvalue weighted by Crippen LogP contribution is -2.41. The highest BCUT2D eigenvalue weighted by molar-refractivity contribution is 5.96. The minimum absolute atomic E-state index is 0.133. The van der Waals surface area contributed by atoms with Gasteiger partial charge in [-0.3, -0.25) is 9.59 Å². The normalized spacial score (nSPS) is 11.8. The smallest absolute Gasteiger partial charge is 0.323 e. The third-order valence-corrected chi connectivity index (χ3v) is 3.34. The van der Waals surface area contributed by atoms with Crippen molar-refractivity contribution >= 4 is 11.9 Å². The number of carboxylic acids is 1. The van der Waals surface area contributed by atoms with E-state index in [1.807, 2.05) is 20.8 Å². The Hall–Kier alpha value is -2.04. The average molecular weight is 279 g/mol. The van der Waals surface area contributed by atoms with Crippen LogP contribution in [0.25, 0.3) is 0 Å². The quantitative estimate of drug-likeness (QED) is 0.868. The van der Waals surface area contributed by atoms with Gasteiger partial charge in [0.1, 0.15) is 12.3 Å². The molecular formula is C15H21NO4. The maximum Gasteiger partial charge on any atom is 0.323 e. The molecular weight excluding hydrogens is 258 g/mol. The average Bonchev–Trinajstić information content (AvgIpc) is 2.43. The molecule has 1 aromatic rings. The van der Waals surface area contributed by atoms with Crippen LogP contribution in [0.5, 0.6) is 5.75 Å². The molecule has 1 amide bonds. The van der Waals surface area contributed by atoms with Gasteiger partial charge < -0.3 is 14.7 Å². The molecule has 0 aromatic heterocycles. The van der Waals surface area contributed by atoms with Crippen LogP contribution in [0.2, 0.25) is 0 Å². The number of amides is 1. The van der Waals surface area contributed by atoms with E-state index in [0.29, 0.717) is 17.7 Å². The molecule has 0 spiro atoms. The Balaban J connectivity index is 3.08. The number of carbonyl (C=O) groups is 2. The predicted octanol–water partition coefficient (Wildman–Crippen LogP) is 2.33. The van der Waals surface area contributed by atoms with Crippen LogP contribution in [0.3, 0.4) is 0 Å². The molecule has 1 N–H and O–H groups in total. The summed E-state index contributed by atoms with van der Waals surface area (Å²) in [5.41, 5.74) is 1.37. The van der Waals surface area contributed by atoms with E-state index in [-0.39, 0.29) is 18.5 Å². The number of benzene rings is 1. The Bertz CT molecular complexity index is 499. The Morgan fingerprint density at radius 1 is 1.40 bits per heavy atom. The molecule has 0 aliphatic carbocycles. The van der Waals surface area contributed by atoms with Crippen molar-refractivity contribution in [2.24, 2.45) is 0 Å². The van der Waals surface area contributed by atoms with Gasteiger partial charge in [-0.1, -0.05) is 13.0 Å². The number of rotatable bonds is 6. The number of carboxylic acid groups (broad SMARTS) is 1. The Morgan fingerprint density at radius 3 is 2.55 bits per heavy atom. The van der Waals surface area contributed by atoms with Crippen molar-refractivity contribution in [3.63, 3.8) is 0 Å². The van der Waals surface area contributed by atoms with E-state index in [1.54, 1.807) is 25.3 Å². The van der Waals surface area contributed by atoms with E-state index in [4.69, 9.17) is 9.84 Å². The van der Waals surface area contributed by atoms with Gasteiger partial charge in [-0.2, -0.15) is 0 Å². The Morgan fingerprint density at radius 2 is 2.05 bits per heavy atom. The molecule has 1 atom stereocenters. The molecule has 1 unspecified atom stereocenters. The number of carbonyl (C=O) groups excluding carboxylic acids is 1. The summed E-state index contributed by atoms with van der Waals surface area (Å²) in [6.45, 7) is 5.34. The van der Waals surface area contributed by atoms with E-state index in [0.717, 1.165) is 5.56 Å². The highest BCUT2D eigenvalue weighted by atomic mass is 16.5. The van der Waals surface area contributed by atoms with Crippen molar-refractivity contribution in [3.8, 4) is 5.75 Å². The first-order chi connectivity index (χ1) is 9.40. The van der Waals surface area contributed by atoms with Crippen LogP contribution in [0.15, 0.2) is 18.2 Å². The molecule has 5 nitrogen and oxygen atoms in total. The summed E-state index contributed by atoms with van der Waals surface area (Å²) in [5, 5.41) is 8.95. The number of methoxy groups -OCH3 is 1. The molecule has 0 saturated heterocycles. The lowest BCUT2D eigenvalue weighted by atomic mass is 10.1. The standard InChI is InChI=1S/C15H21NO4/c1-5-11(3)16(9-14(17)18)15(19)12-7-6-10(2)13(8-12)20-4/h6-8,11H,5,9H2,1-4H3,(H,17,18). The molecule has 110 valence electrons. The van der Waals surface area contributed by atoms with Gasteiger partial charge in [-0.25, -0.2) is 0 Å². The van der Waals surface area contributed by atoms with Crippen LogP contribution >= 0.6 is 0 Å². The molecule has 5 heteroatoms. The number of hydrogen-bond acceptors (Lipinski definition) is 3. The maximum atomic E-state index is 12.5. The second-order valence-electron chi connectivity index (χ2n) is 4.77. The number of ether oxygens (including phenoxy) is 1. The fraction of sp³-hybridized carbons (Fsp3) is 0.467. The molecule has 0 aliphatic heterocycles. The summed E-state index contributed by atoms with van der Waals surface area (Å²) in [6.07, 6.45) is 0.696. The van der Waals surface area contributed by atoms with Gasteiger partial charge in [0.05, 0.1) is 7.11 Å². The monoisotopic (exact) mass is 279 g/mol. The molecule has 0 saturated carbocycles. The van der Waals surface area contributed by atoms with Crippen LogP contribution < -0.4 is 4.74 Å². The van der Waals surface area contributed by atoms with Gasteiger partial charge >= 0.3 is 5.97 Å². The van der Waals surface area contributed by atoms with Gasteiger partial charge in [-0.05, 0) is 38.0 Å². The SMILES string of the molecule is CCC(C)N(CC(=O)O)C(=O)c1ccc(C)c(OC)c1. The molecule has 0 heterocycles. The molecule has 0 fully saturated rings. The van der Waals surface area contributed by atoms with Crippen LogP contribution in [0.4, 0.5) is 0 Å². The third-order valence-electron chi connectivity index (χ3n) is 3.34. The molecule has 0 bridgehead atoms. The Labute approximate surface area is 119 Å². The van der Waals surface area contributed by atoms with Crippen molar-refractivity contribution in [1.82, 2.24) is 4.90 Å². The number of aryl methyl sites for hydroxylation is 1. The van der Waals surface area contributed by atoms with Crippen LogP contribution in [-0.2, 0) is 4.79 Å². The van der Waals surface area contributed by atoms with Gasteiger partial charge in [0.2, 0.25) is 0 Å². The van der Waals surface area contributed by atoms with E-state index >= 15 is 0 Å². The minimum atomic E-state index is -1.02. The van der Waals surface area contributed by atoms with Gasteiger partial charge in [0.25, 0.3) is 5.91 Å². The zero-order valence-electron chi connectivity index (χ0n) is 12.3. The van der Waals surface area contributed by atoms with Gasteiger partial charge in [0, 0.05) is 11.6 Å². The van der Waals surface area contributed by atoms with Crippen molar-refractivity contribution in [1.29, 1.82) is 0 Å². The minimum Gasteiger partial charge on any atom is -0.496 e. The van der Waals surface area contributed by atoms with Crippen molar-refractivity contribution in [2.75, 3.05) is 13.7 Å². The fourth-order valence-electron chi connectivity index (χ4n) is 1.91. The fourth-order valence-corrected chi connectivity index (χ4v) is 1.91. The number of nitrogens with zero attached hydrogens (tertiary/aromatic N) is 1. The highest BCUT2D eigenvalue weighted by Gasteiger charge is 2.23. The largest absolute Gasteiger partial charge is 0.496 e. The summed E-state index contributed by atoms with van der Waals surface area (Å²) in [4.78, 5) is 24.8. The molecule has 1 rings (SSSR count). The van der Waals surface area contributed by atoms with E-state index in [1.165, 1.54) is 4.90 Å². The number of aliphatic carboxylic acids is 1. The van der Waals surface area contributed by atoms with Crippen molar-refractivity contribution in [3.05, 3.63) is 29.3 Å². The molecule has 1 aromatic carbocycles. The molecule has 20 heavy (non-hydrogen) atoms. The van der Waals surface area contributed by atoms with Gasteiger partial charge in [0.15, 0.2) is 0 Å². The van der Waals surface area contributed by atoms with E-state index in [2.05, 4.69) is 0 Å². The molecule has 0 aliphatic rings. The summed E-state index contributed by atoms with van der Waals surface area (Å²) >= 11 is 0. The van der Waals surface area contributed by atoms with E-state index in [9.17, 15) is 9.59 Å². The summed E-state index contributed by atoms with van der Waals surface area (Å²) < 4.78 is 5.20. The maximum absolute atomic E-state index is 12.5. The number of hydrogen-bond donors (Lipinski definition) is 1. The Kier molecular flexibility index (Phi) is 5.55. The van der Waals surface area contributed by atoms with Crippen LogP contribution in [-0.4, -0.2) is 41.6 Å². The van der Waals surface area contributed by atoms with Crippen LogP contribution in [0.1, 0.15) is 36.2 Å². The highest BCUT2D eigenvalue weighted by Crippen LogP contribution is 2.21. The topological polar surface area (TPSA) is 66.8 Å². The first-order valence-electron chi connectivity index (χ1n) is 6.58. The van der Waals surface area contributed by atoms with Gasteiger partial charge in [-0.15, -0.1) is 0 Å². The van der Waals surface area contributed by atoms with Crippen molar-refractivity contribution in [2.45, 2.75) is 33.2 Å². The second kappa shape index (κ2) is 6.93. The summed E-state index contributed by atoms with van der Waals surface area (Å²) in [5.74, 6) is -0.687. The van der Waals surface area contributed by atoms with E-state index < -0.39 is 5.97 Å². The van der Waals surface area contributed by atoms with Crippen LogP contribution in [0, 0.1) is 6.92 Å².